The van der Waals surface area contributed by atoms with Crippen molar-refractivity contribution in [2.45, 2.75) is 26.1 Å². The van der Waals surface area contributed by atoms with Crippen molar-refractivity contribution < 1.29 is 22.8 Å². The largest absolute Gasteiger partial charge is 0.416 e. The highest BCUT2D eigenvalue weighted by atomic mass is 19.4. The zero-order valence-electron chi connectivity index (χ0n) is 16.7. The molecule has 0 bridgehead atoms. The molecule has 3 amide bonds. The molecule has 0 radical (unpaired) electrons. The average molecular weight is 419 g/mol. The average Bonchev–Trinajstić information content (AvgIpc) is 2.97. The third-order valence-corrected chi connectivity index (χ3v) is 5.06. The third-order valence-electron chi connectivity index (χ3n) is 5.06. The van der Waals surface area contributed by atoms with Gasteiger partial charge in [0.2, 0.25) is 0 Å². The molecule has 1 saturated heterocycles. The van der Waals surface area contributed by atoms with Crippen molar-refractivity contribution in [3.63, 3.8) is 0 Å². The van der Waals surface area contributed by atoms with Crippen LogP contribution in [0.25, 0.3) is 0 Å². The molecular formula is C22H24F3N3O2. The molecule has 0 spiro atoms. The second-order valence-corrected chi connectivity index (χ2v) is 7.36. The number of urea groups is 1. The standard InChI is InChI=1S/C22H24F3N3O2/c1-16-4-2-5-18(14-16)20(29)27-10-3-11-28(13-12-27)21(30)26-15-17-6-8-19(9-7-17)22(23,24)25/h2,4-9,14H,3,10-13,15H2,1H3,(H,26,30). The zero-order valence-corrected chi connectivity index (χ0v) is 16.7. The number of nitrogens with one attached hydrogen (secondary N) is 1. The molecule has 3 rings (SSSR count). The van der Waals surface area contributed by atoms with E-state index in [-0.39, 0.29) is 18.5 Å². The first-order valence-corrected chi connectivity index (χ1v) is 9.79. The van der Waals surface area contributed by atoms with E-state index in [1.807, 2.05) is 25.1 Å². The molecule has 2 aromatic rings. The summed E-state index contributed by atoms with van der Waals surface area (Å²) in [4.78, 5) is 28.6. The van der Waals surface area contributed by atoms with Crippen LogP contribution in [0, 0.1) is 6.92 Å². The number of rotatable bonds is 3. The van der Waals surface area contributed by atoms with Crippen LogP contribution in [0.3, 0.4) is 0 Å². The van der Waals surface area contributed by atoms with Gasteiger partial charge in [0.05, 0.1) is 5.56 Å². The second-order valence-electron chi connectivity index (χ2n) is 7.36. The Balaban J connectivity index is 1.52. The maximum Gasteiger partial charge on any atom is 0.416 e. The van der Waals surface area contributed by atoms with Gasteiger partial charge in [-0.25, -0.2) is 4.79 Å². The van der Waals surface area contributed by atoms with Gasteiger partial charge in [-0.15, -0.1) is 0 Å². The van der Waals surface area contributed by atoms with Gasteiger partial charge in [-0.1, -0.05) is 29.8 Å². The van der Waals surface area contributed by atoms with Crippen molar-refractivity contribution in [1.82, 2.24) is 15.1 Å². The number of nitrogens with zero attached hydrogens (tertiary/aromatic N) is 2. The summed E-state index contributed by atoms with van der Waals surface area (Å²) < 4.78 is 37.9. The van der Waals surface area contributed by atoms with Gasteiger partial charge in [0.25, 0.3) is 5.91 Å². The summed E-state index contributed by atoms with van der Waals surface area (Å²) in [5.41, 5.74) is 1.51. The topological polar surface area (TPSA) is 52.7 Å². The quantitative estimate of drug-likeness (QED) is 0.816. The fourth-order valence-electron chi connectivity index (χ4n) is 3.39. The minimum absolute atomic E-state index is 0.0503. The first-order chi connectivity index (χ1) is 14.2. The van der Waals surface area contributed by atoms with Crippen LogP contribution in [0.15, 0.2) is 48.5 Å². The first kappa shape index (κ1) is 21.7. The van der Waals surface area contributed by atoms with Gasteiger partial charge in [-0.2, -0.15) is 13.2 Å². The van der Waals surface area contributed by atoms with Crippen LogP contribution in [0.2, 0.25) is 0 Å². The number of hydrogen-bond donors (Lipinski definition) is 1. The smallest absolute Gasteiger partial charge is 0.337 e. The fraction of sp³-hybridized carbons (Fsp3) is 0.364. The Morgan fingerprint density at radius 3 is 2.30 bits per heavy atom. The van der Waals surface area contributed by atoms with Crippen molar-refractivity contribution in [2.24, 2.45) is 0 Å². The van der Waals surface area contributed by atoms with E-state index in [0.29, 0.717) is 43.7 Å². The van der Waals surface area contributed by atoms with Gasteiger partial charge < -0.3 is 15.1 Å². The van der Waals surface area contributed by atoms with Gasteiger partial charge in [-0.3, -0.25) is 4.79 Å². The Labute approximate surface area is 173 Å². The molecule has 5 nitrogen and oxygen atoms in total. The number of alkyl halides is 3. The first-order valence-electron chi connectivity index (χ1n) is 9.79. The zero-order chi connectivity index (χ0) is 21.7. The lowest BCUT2D eigenvalue weighted by Crippen LogP contribution is -2.42. The fourth-order valence-corrected chi connectivity index (χ4v) is 3.39. The van der Waals surface area contributed by atoms with Gasteiger partial charge in [0.1, 0.15) is 0 Å². The van der Waals surface area contributed by atoms with Crippen LogP contribution in [-0.4, -0.2) is 47.9 Å². The van der Waals surface area contributed by atoms with Crippen molar-refractivity contribution in [3.8, 4) is 0 Å². The summed E-state index contributed by atoms with van der Waals surface area (Å²) >= 11 is 0. The highest BCUT2D eigenvalue weighted by Gasteiger charge is 2.30. The minimum Gasteiger partial charge on any atom is -0.337 e. The van der Waals surface area contributed by atoms with Crippen LogP contribution in [0.5, 0.6) is 0 Å². The summed E-state index contributed by atoms with van der Waals surface area (Å²) in [6.07, 6.45) is -3.72. The summed E-state index contributed by atoms with van der Waals surface area (Å²) in [6.45, 7) is 3.98. The van der Waals surface area contributed by atoms with Crippen LogP contribution in [-0.2, 0) is 12.7 Å². The number of halogens is 3. The maximum atomic E-state index is 12.7. The Hall–Kier alpha value is -3.03. The second kappa shape index (κ2) is 9.19. The predicted octanol–water partition coefficient (Wildman–Crippen LogP) is 4.07. The summed E-state index contributed by atoms with van der Waals surface area (Å²) in [5, 5.41) is 2.74. The maximum absolute atomic E-state index is 12.7. The molecule has 1 heterocycles. The van der Waals surface area contributed by atoms with Crippen LogP contribution >= 0.6 is 0 Å². The Morgan fingerprint density at radius 2 is 1.63 bits per heavy atom. The van der Waals surface area contributed by atoms with Gasteiger partial charge in [0, 0.05) is 38.3 Å². The molecule has 1 aliphatic heterocycles. The van der Waals surface area contributed by atoms with Crippen LogP contribution in [0.1, 0.15) is 33.5 Å². The molecule has 0 aromatic heterocycles. The monoisotopic (exact) mass is 419 g/mol. The molecule has 8 heteroatoms. The molecule has 160 valence electrons. The number of benzene rings is 2. The molecule has 1 aliphatic rings. The van der Waals surface area contributed by atoms with Crippen LogP contribution < -0.4 is 5.32 Å². The lowest BCUT2D eigenvalue weighted by atomic mass is 10.1. The summed E-state index contributed by atoms with van der Waals surface area (Å²) in [5.74, 6) is -0.0503. The van der Waals surface area contributed by atoms with E-state index in [0.717, 1.165) is 17.7 Å². The minimum atomic E-state index is -4.38. The molecule has 0 unspecified atom stereocenters. The Morgan fingerprint density at radius 1 is 0.967 bits per heavy atom. The van der Waals surface area contributed by atoms with Gasteiger partial charge >= 0.3 is 12.2 Å². The molecular weight excluding hydrogens is 395 g/mol. The lowest BCUT2D eigenvalue weighted by Gasteiger charge is -2.22. The number of amides is 3. The number of carbonyl (C=O) groups excluding carboxylic acids is 2. The highest BCUT2D eigenvalue weighted by Crippen LogP contribution is 2.29. The number of aryl methyl sites for hydroxylation is 1. The lowest BCUT2D eigenvalue weighted by molar-refractivity contribution is -0.137. The SMILES string of the molecule is Cc1cccc(C(=O)N2CCCN(C(=O)NCc3ccc(C(F)(F)F)cc3)CC2)c1. The number of carbonyl (C=O) groups is 2. The van der Waals surface area contributed by atoms with E-state index in [1.54, 1.807) is 15.9 Å². The molecule has 0 saturated carbocycles. The molecule has 1 fully saturated rings. The molecule has 2 aromatic carbocycles. The predicted molar refractivity (Wildman–Crippen MR) is 107 cm³/mol. The summed E-state index contributed by atoms with van der Waals surface area (Å²) in [6, 6.07) is 11.8. The van der Waals surface area contributed by atoms with E-state index in [1.165, 1.54) is 12.1 Å². The van der Waals surface area contributed by atoms with Crippen molar-refractivity contribution in [3.05, 3.63) is 70.8 Å². The van der Waals surface area contributed by atoms with E-state index in [4.69, 9.17) is 0 Å². The Bertz CT molecular complexity index is 897. The highest BCUT2D eigenvalue weighted by molar-refractivity contribution is 5.94. The summed E-state index contributed by atoms with van der Waals surface area (Å²) in [7, 11) is 0. The van der Waals surface area contributed by atoms with E-state index in [9.17, 15) is 22.8 Å². The molecule has 0 atom stereocenters. The third kappa shape index (κ3) is 5.52. The normalized spacial score (nSPS) is 14.9. The van der Waals surface area contributed by atoms with E-state index >= 15 is 0 Å². The number of hydrogen-bond acceptors (Lipinski definition) is 2. The molecule has 1 N–H and O–H groups in total. The molecule has 0 aliphatic carbocycles. The van der Waals surface area contributed by atoms with E-state index < -0.39 is 11.7 Å². The van der Waals surface area contributed by atoms with Crippen LogP contribution in [0.4, 0.5) is 18.0 Å². The van der Waals surface area contributed by atoms with E-state index in [2.05, 4.69) is 5.32 Å². The van der Waals surface area contributed by atoms with Crippen molar-refractivity contribution in [2.75, 3.05) is 26.2 Å². The van der Waals surface area contributed by atoms with Gasteiger partial charge in [0.15, 0.2) is 0 Å². The van der Waals surface area contributed by atoms with Gasteiger partial charge in [-0.05, 0) is 43.2 Å². The van der Waals surface area contributed by atoms with Crippen molar-refractivity contribution >= 4 is 11.9 Å². The Kier molecular flexibility index (Phi) is 6.64. The van der Waals surface area contributed by atoms with Crippen molar-refractivity contribution in [1.29, 1.82) is 0 Å². The molecule has 30 heavy (non-hydrogen) atoms.